The van der Waals surface area contributed by atoms with E-state index in [-0.39, 0.29) is 11.3 Å². The molecule has 0 aliphatic carbocycles. The molecule has 4 aromatic carbocycles. The first-order valence-corrected chi connectivity index (χ1v) is 11.9. The van der Waals surface area contributed by atoms with Crippen LogP contribution in [0.4, 0.5) is 18.9 Å². The summed E-state index contributed by atoms with van der Waals surface area (Å²) in [5, 5.41) is 12.1. The average molecular weight is 501 g/mol. The molecule has 1 amide bonds. The lowest BCUT2D eigenvalue weighted by Crippen LogP contribution is -2.29. The molecule has 0 radical (unpaired) electrons. The molecule has 37 heavy (non-hydrogen) atoms. The molecular formula is C30H23F3N2O2. The van der Waals surface area contributed by atoms with Crippen LogP contribution in [-0.2, 0) is 6.18 Å². The molecule has 2 heterocycles. The predicted octanol–water partition coefficient (Wildman–Crippen LogP) is 7.38. The number of carbonyl (C=O) groups is 1. The van der Waals surface area contributed by atoms with Gasteiger partial charge in [0.25, 0.3) is 5.91 Å². The fraction of sp³-hybridized carbons (Fsp3) is 0.167. The monoisotopic (exact) mass is 500 g/mol. The number of halogens is 3. The lowest BCUT2D eigenvalue weighted by atomic mass is 10.0. The maximum Gasteiger partial charge on any atom is 0.417 e. The van der Waals surface area contributed by atoms with Gasteiger partial charge in [0.05, 0.1) is 28.0 Å². The highest BCUT2D eigenvalue weighted by molar-refractivity contribution is 6.14. The van der Waals surface area contributed by atoms with E-state index in [2.05, 4.69) is 0 Å². The Morgan fingerprint density at radius 1 is 0.838 bits per heavy atom. The molecule has 4 nitrogen and oxygen atoms in total. The van der Waals surface area contributed by atoms with Gasteiger partial charge in [0.2, 0.25) is 0 Å². The zero-order valence-corrected chi connectivity index (χ0v) is 20.4. The van der Waals surface area contributed by atoms with Crippen LogP contribution in [0.5, 0.6) is 0 Å². The molecule has 1 atom stereocenters. The first-order valence-electron chi connectivity index (χ1n) is 11.9. The average Bonchev–Trinajstić information content (AvgIpc) is 3.30. The molecule has 0 fully saturated rings. The quantitative estimate of drug-likeness (QED) is 0.275. The molecule has 1 aromatic heterocycles. The number of carbonyl (C=O) groups excluding carboxylic acids is 1. The van der Waals surface area contributed by atoms with Crippen LogP contribution in [0, 0.1) is 20.8 Å². The molecule has 1 unspecified atom stereocenters. The summed E-state index contributed by atoms with van der Waals surface area (Å²) < 4.78 is 43.8. The Morgan fingerprint density at radius 3 is 2.19 bits per heavy atom. The summed E-state index contributed by atoms with van der Waals surface area (Å²) in [6.45, 7) is 5.76. The third-order valence-corrected chi connectivity index (χ3v) is 7.16. The lowest BCUT2D eigenvalue weighted by molar-refractivity contribution is -0.136. The highest BCUT2D eigenvalue weighted by Crippen LogP contribution is 2.45. The number of aliphatic hydroxyl groups is 1. The van der Waals surface area contributed by atoms with E-state index in [1.54, 1.807) is 53.1 Å². The van der Waals surface area contributed by atoms with Gasteiger partial charge in [-0.1, -0.05) is 48.0 Å². The Hall–Kier alpha value is -4.10. The van der Waals surface area contributed by atoms with Gasteiger partial charge < -0.3 is 9.67 Å². The Bertz CT molecular complexity index is 1730. The summed E-state index contributed by atoms with van der Waals surface area (Å²) >= 11 is 0. The third-order valence-electron chi connectivity index (χ3n) is 7.16. The lowest BCUT2D eigenvalue weighted by Gasteiger charge is -2.26. The standard InChI is InChI=1S/C30H23F3N2O2/c1-16-14-17(2)27(18(3)15-16)35-28(36)20-9-6-12-24(26(20)29(35)37)34-22-11-5-4-8-19(22)25-21(30(31,32)33)10-7-13-23(25)34/h4-15,29,37H,1-3H3. The molecule has 0 bridgehead atoms. The summed E-state index contributed by atoms with van der Waals surface area (Å²) in [4.78, 5) is 15.0. The number of anilines is 1. The van der Waals surface area contributed by atoms with Crippen LogP contribution in [0.3, 0.4) is 0 Å². The largest absolute Gasteiger partial charge is 0.417 e. The first-order chi connectivity index (χ1) is 17.6. The fourth-order valence-corrected chi connectivity index (χ4v) is 5.87. The number of hydrogen-bond donors (Lipinski definition) is 1. The van der Waals surface area contributed by atoms with Crippen LogP contribution in [-0.4, -0.2) is 15.6 Å². The SMILES string of the molecule is Cc1cc(C)c(N2C(=O)c3cccc(-n4c5ccccc5c5c(C(F)(F)F)cccc54)c3C2O)c(C)c1. The van der Waals surface area contributed by atoms with Crippen LogP contribution >= 0.6 is 0 Å². The third kappa shape index (κ3) is 3.30. The highest BCUT2D eigenvalue weighted by Gasteiger charge is 2.41. The van der Waals surface area contributed by atoms with Crippen molar-refractivity contribution in [1.29, 1.82) is 0 Å². The Labute approximate surface area is 211 Å². The number of rotatable bonds is 2. The normalized spacial score (nSPS) is 15.7. The van der Waals surface area contributed by atoms with Gasteiger partial charge in [0.15, 0.2) is 6.23 Å². The smallest absolute Gasteiger partial charge is 0.369 e. The molecule has 6 rings (SSSR count). The Morgan fingerprint density at radius 2 is 1.49 bits per heavy atom. The predicted molar refractivity (Wildman–Crippen MR) is 138 cm³/mol. The van der Waals surface area contributed by atoms with Crippen molar-refractivity contribution in [3.05, 3.63) is 106 Å². The van der Waals surface area contributed by atoms with Gasteiger partial charge in [-0.25, -0.2) is 0 Å². The zero-order chi connectivity index (χ0) is 26.2. The number of fused-ring (bicyclic) bond motifs is 4. The first kappa shape index (κ1) is 23.3. The summed E-state index contributed by atoms with van der Waals surface area (Å²) in [5.74, 6) is -0.351. The summed E-state index contributed by atoms with van der Waals surface area (Å²) in [5.41, 5.74) is 4.72. The number of nitrogens with zero attached hydrogens (tertiary/aromatic N) is 2. The Balaban J connectivity index is 1.65. The number of aryl methyl sites for hydroxylation is 3. The number of alkyl halides is 3. The molecule has 0 saturated carbocycles. The van der Waals surface area contributed by atoms with E-state index >= 15 is 0 Å². The molecular weight excluding hydrogens is 477 g/mol. The van der Waals surface area contributed by atoms with Crippen LogP contribution in [0.15, 0.2) is 72.8 Å². The van der Waals surface area contributed by atoms with Crippen molar-refractivity contribution in [3.63, 3.8) is 0 Å². The zero-order valence-electron chi connectivity index (χ0n) is 20.4. The van der Waals surface area contributed by atoms with E-state index in [1.807, 2.05) is 32.9 Å². The fourth-order valence-electron chi connectivity index (χ4n) is 5.87. The van der Waals surface area contributed by atoms with Crippen LogP contribution in [0.2, 0.25) is 0 Å². The number of benzene rings is 4. The molecule has 0 spiro atoms. The number of aromatic nitrogens is 1. The van der Waals surface area contributed by atoms with E-state index in [1.165, 1.54) is 11.0 Å². The minimum Gasteiger partial charge on any atom is -0.369 e. The van der Waals surface area contributed by atoms with Gasteiger partial charge in [-0.2, -0.15) is 13.2 Å². The van der Waals surface area contributed by atoms with Crippen LogP contribution < -0.4 is 4.90 Å². The van der Waals surface area contributed by atoms with Crippen LogP contribution in [0.25, 0.3) is 27.5 Å². The topological polar surface area (TPSA) is 45.5 Å². The summed E-state index contributed by atoms with van der Waals surface area (Å²) in [6.07, 6.45) is -5.85. The van der Waals surface area contributed by atoms with E-state index in [4.69, 9.17) is 0 Å². The minimum atomic E-state index is -4.54. The van der Waals surface area contributed by atoms with Crippen molar-refractivity contribution in [3.8, 4) is 5.69 Å². The van der Waals surface area contributed by atoms with E-state index < -0.39 is 18.0 Å². The second-order valence-electron chi connectivity index (χ2n) is 9.58. The second-order valence-corrected chi connectivity index (χ2v) is 9.58. The number of aliphatic hydroxyl groups excluding tert-OH is 1. The van der Waals surface area contributed by atoms with Gasteiger partial charge in [-0.15, -0.1) is 0 Å². The Kier molecular flexibility index (Phi) is 5.01. The van der Waals surface area contributed by atoms with Gasteiger partial charge in [0.1, 0.15) is 0 Å². The molecule has 0 saturated heterocycles. The summed E-state index contributed by atoms with van der Waals surface area (Å²) in [6, 6.07) is 20.0. The molecule has 5 aromatic rings. The van der Waals surface area contributed by atoms with E-state index in [0.717, 1.165) is 22.8 Å². The van der Waals surface area contributed by atoms with Crippen molar-refractivity contribution in [2.24, 2.45) is 0 Å². The van der Waals surface area contributed by atoms with Crippen LogP contribution in [0.1, 0.15) is 44.4 Å². The van der Waals surface area contributed by atoms with Crippen molar-refractivity contribution in [1.82, 2.24) is 4.57 Å². The van der Waals surface area contributed by atoms with Gasteiger partial charge in [0, 0.05) is 21.9 Å². The van der Waals surface area contributed by atoms with E-state index in [0.29, 0.717) is 38.9 Å². The molecule has 1 aliphatic rings. The number of hydrogen-bond acceptors (Lipinski definition) is 2. The van der Waals surface area contributed by atoms with Crippen molar-refractivity contribution in [2.75, 3.05) is 4.90 Å². The maximum absolute atomic E-state index is 14.0. The van der Waals surface area contributed by atoms with Crippen molar-refractivity contribution < 1.29 is 23.1 Å². The number of para-hydroxylation sites is 1. The van der Waals surface area contributed by atoms with E-state index in [9.17, 15) is 23.1 Å². The van der Waals surface area contributed by atoms with Crippen molar-refractivity contribution >= 4 is 33.4 Å². The highest BCUT2D eigenvalue weighted by atomic mass is 19.4. The maximum atomic E-state index is 14.0. The molecule has 1 aliphatic heterocycles. The minimum absolute atomic E-state index is 0.0871. The number of amides is 1. The van der Waals surface area contributed by atoms with Crippen molar-refractivity contribution in [2.45, 2.75) is 33.2 Å². The van der Waals surface area contributed by atoms with Gasteiger partial charge in [-0.3, -0.25) is 9.69 Å². The van der Waals surface area contributed by atoms with Gasteiger partial charge >= 0.3 is 6.18 Å². The molecule has 186 valence electrons. The molecule has 1 N–H and O–H groups in total. The van der Waals surface area contributed by atoms with Gasteiger partial charge in [-0.05, 0) is 62.2 Å². The summed E-state index contributed by atoms with van der Waals surface area (Å²) in [7, 11) is 0. The second kappa shape index (κ2) is 7.95. The molecule has 7 heteroatoms.